The highest BCUT2D eigenvalue weighted by molar-refractivity contribution is 7.24. The fraction of sp³-hybridized carbons (Fsp3) is 0.0625. The van der Waals surface area contributed by atoms with Crippen molar-refractivity contribution in [2.45, 2.75) is 6.92 Å². The Hall–Kier alpha value is -2.29. The van der Waals surface area contributed by atoms with Gasteiger partial charge in [0.25, 0.3) is 5.91 Å². The van der Waals surface area contributed by atoms with Gasteiger partial charge in [0.15, 0.2) is 10.8 Å². The van der Waals surface area contributed by atoms with Crippen LogP contribution < -0.4 is 5.32 Å². The molecule has 0 unspecified atom stereocenters. The molecule has 0 saturated heterocycles. The van der Waals surface area contributed by atoms with E-state index in [9.17, 15) is 4.79 Å². The normalized spacial score (nSPS) is 10.9. The average molecular weight is 373 g/mol. The summed E-state index contributed by atoms with van der Waals surface area (Å²) in [6, 6.07) is 9.69. The third-order valence-electron chi connectivity index (χ3n) is 3.21. The molecule has 0 fully saturated rings. The lowest BCUT2D eigenvalue weighted by Crippen LogP contribution is -2.11. The number of thiophene rings is 2. The molecule has 0 aromatic carbocycles. The number of thiazole rings is 1. The molecular weight excluding hydrogens is 362 g/mol. The summed E-state index contributed by atoms with van der Waals surface area (Å²) in [5.74, 6) is 0.272. The molecule has 4 heterocycles. The molecule has 0 saturated carbocycles. The Labute approximate surface area is 149 Å². The Morgan fingerprint density at radius 3 is 2.54 bits per heavy atom. The van der Waals surface area contributed by atoms with Crippen molar-refractivity contribution in [3.8, 4) is 20.3 Å². The summed E-state index contributed by atoms with van der Waals surface area (Å²) in [6.07, 6.45) is 0. The van der Waals surface area contributed by atoms with Gasteiger partial charge in [-0.2, -0.15) is 0 Å². The number of hydrogen-bond acceptors (Lipinski definition) is 7. The zero-order chi connectivity index (χ0) is 16.5. The summed E-state index contributed by atoms with van der Waals surface area (Å²) in [5, 5.41) is 11.1. The predicted molar refractivity (Wildman–Crippen MR) is 97.9 cm³/mol. The highest BCUT2D eigenvalue weighted by Crippen LogP contribution is 2.42. The van der Waals surface area contributed by atoms with Crippen LogP contribution in [0.2, 0.25) is 0 Å². The zero-order valence-corrected chi connectivity index (χ0v) is 14.9. The van der Waals surface area contributed by atoms with Crippen LogP contribution in [0.1, 0.15) is 16.2 Å². The topological polar surface area (TPSA) is 68.0 Å². The van der Waals surface area contributed by atoms with E-state index in [4.69, 9.17) is 4.52 Å². The number of nitrogens with one attached hydrogen (secondary N) is 1. The van der Waals surface area contributed by atoms with Crippen LogP contribution in [0.4, 0.5) is 5.13 Å². The van der Waals surface area contributed by atoms with Crippen molar-refractivity contribution in [1.29, 1.82) is 0 Å². The van der Waals surface area contributed by atoms with Gasteiger partial charge in [0.2, 0.25) is 0 Å². The predicted octanol–water partition coefficient (Wildman–Crippen LogP) is 5.15. The number of aryl methyl sites for hydroxylation is 1. The van der Waals surface area contributed by atoms with Crippen molar-refractivity contribution in [2.24, 2.45) is 0 Å². The van der Waals surface area contributed by atoms with Gasteiger partial charge in [-0.25, -0.2) is 4.98 Å². The Balaban J connectivity index is 1.69. The van der Waals surface area contributed by atoms with E-state index in [2.05, 4.69) is 21.5 Å². The molecule has 5 nitrogen and oxygen atoms in total. The first-order valence-corrected chi connectivity index (χ1v) is 9.61. The monoisotopic (exact) mass is 373 g/mol. The maximum Gasteiger partial charge on any atom is 0.279 e. The number of carbonyl (C=O) groups is 1. The smallest absolute Gasteiger partial charge is 0.279 e. The highest BCUT2D eigenvalue weighted by atomic mass is 32.1. The summed E-state index contributed by atoms with van der Waals surface area (Å²) in [4.78, 5) is 20.1. The number of carbonyl (C=O) groups excluding carboxylic acids is 1. The third kappa shape index (κ3) is 2.91. The molecule has 0 aliphatic rings. The molecule has 1 amide bonds. The van der Waals surface area contributed by atoms with Crippen molar-refractivity contribution in [3.05, 3.63) is 52.5 Å². The van der Waals surface area contributed by atoms with E-state index in [1.54, 1.807) is 35.7 Å². The largest absolute Gasteiger partial charge is 0.361 e. The molecule has 0 atom stereocenters. The quantitative estimate of drug-likeness (QED) is 0.537. The van der Waals surface area contributed by atoms with E-state index < -0.39 is 0 Å². The molecule has 4 aromatic heterocycles. The number of anilines is 1. The summed E-state index contributed by atoms with van der Waals surface area (Å²) >= 11 is 4.74. The molecule has 4 rings (SSSR count). The van der Waals surface area contributed by atoms with Gasteiger partial charge < -0.3 is 4.52 Å². The molecule has 4 aromatic rings. The second-order valence-electron chi connectivity index (χ2n) is 4.93. The van der Waals surface area contributed by atoms with E-state index >= 15 is 0 Å². The summed E-state index contributed by atoms with van der Waals surface area (Å²) in [6.45, 7) is 1.75. The van der Waals surface area contributed by atoms with Crippen LogP contribution in [0.15, 0.2) is 45.6 Å². The van der Waals surface area contributed by atoms with Gasteiger partial charge in [-0.1, -0.05) is 28.6 Å². The van der Waals surface area contributed by atoms with Crippen LogP contribution in [0, 0.1) is 6.92 Å². The molecule has 120 valence electrons. The van der Waals surface area contributed by atoms with E-state index in [1.807, 2.05) is 29.0 Å². The number of aromatic nitrogens is 2. The minimum Gasteiger partial charge on any atom is -0.361 e. The van der Waals surface area contributed by atoms with Crippen LogP contribution in [-0.4, -0.2) is 16.0 Å². The van der Waals surface area contributed by atoms with E-state index in [-0.39, 0.29) is 11.6 Å². The van der Waals surface area contributed by atoms with Crippen LogP contribution in [0.5, 0.6) is 0 Å². The maximum absolute atomic E-state index is 12.3. The molecule has 0 spiro atoms. The fourth-order valence-corrected chi connectivity index (χ4v) is 4.78. The van der Waals surface area contributed by atoms with Crippen molar-refractivity contribution < 1.29 is 9.32 Å². The molecule has 0 radical (unpaired) electrons. The number of hydrogen-bond donors (Lipinski definition) is 1. The maximum atomic E-state index is 12.3. The van der Waals surface area contributed by atoms with Gasteiger partial charge in [0.1, 0.15) is 11.5 Å². The van der Waals surface area contributed by atoms with Gasteiger partial charge in [0, 0.05) is 10.9 Å². The zero-order valence-electron chi connectivity index (χ0n) is 12.5. The highest BCUT2D eigenvalue weighted by Gasteiger charge is 2.19. The summed E-state index contributed by atoms with van der Waals surface area (Å²) in [5.41, 5.74) is 1.14. The summed E-state index contributed by atoms with van der Waals surface area (Å²) in [7, 11) is 0. The standard InChI is InChI=1S/C16H11N3O2S3/c1-9-8-10(19-21-9)15(20)18-16-17-13(11-4-2-6-22-11)14(24-16)12-5-3-7-23-12/h2-8H,1H3,(H,17,18,20). The Morgan fingerprint density at radius 1 is 1.17 bits per heavy atom. The lowest BCUT2D eigenvalue weighted by molar-refractivity contribution is 0.101. The molecule has 0 aliphatic carbocycles. The molecule has 0 aliphatic heterocycles. The van der Waals surface area contributed by atoms with Crippen LogP contribution in [0.3, 0.4) is 0 Å². The van der Waals surface area contributed by atoms with Crippen molar-refractivity contribution >= 4 is 45.0 Å². The van der Waals surface area contributed by atoms with Crippen molar-refractivity contribution in [3.63, 3.8) is 0 Å². The second-order valence-corrected chi connectivity index (χ2v) is 7.82. The van der Waals surface area contributed by atoms with Gasteiger partial charge in [-0.3, -0.25) is 10.1 Å². The molecule has 8 heteroatoms. The summed E-state index contributed by atoms with van der Waals surface area (Å²) < 4.78 is 4.95. The van der Waals surface area contributed by atoms with E-state index in [0.29, 0.717) is 10.9 Å². The molecular formula is C16H11N3O2S3. The first-order valence-electron chi connectivity index (χ1n) is 7.04. The van der Waals surface area contributed by atoms with Gasteiger partial charge in [-0.15, -0.1) is 22.7 Å². The average Bonchev–Trinajstić information content (AvgIpc) is 3.34. The van der Waals surface area contributed by atoms with Gasteiger partial charge in [0.05, 0.1) is 9.75 Å². The first-order chi connectivity index (χ1) is 11.7. The lowest BCUT2D eigenvalue weighted by Gasteiger charge is -1.96. The van der Waals surface area contributed by atoms with Crippen LogP contribution >= 0.6 is 34.0 Å². The van der Waals surface area contributed by atoms with Crippen LogP contribution in [0.25, 0.3) is 20.3 Å². The van der Waals surface area contributed by atoms with E-state index in [1.165, 1.54) is 11.3 Å². The lowest BCUT2D eigenvalue weighted by atomic mass is 10.3. The van der Waals surface area contributed by atoms with Gasteiger partial charge in [-0.05, 0) is 29.8 Å². The SMILES string of the molecule is Cc1cc(C(=O)Nc2nc(-c3cccs3)c(-c3cccs3)s2)no1. The molecule has 24 heavy (non-hydrogen) atoms. The minimum atomic E-state index is -0.323. The number of amides is 1. The van der Waals surface area contributed by atoms with Gasteiger partial charge >= 0.3 is 0 Å². The number of nitrogens with zero attached hydrogens (tertiary/aromatic N) is 2. The Kier molecular flexibility index (Phi) is 4.01. The fourth-order valence-electron chi connectivity index (χ4n) is 2.16. The first kappa shape index (κ1) is 15.3. The Morgan fingerprint density at radius 2 is 1.92 bits per heavy atom. The number of rotatable bonds is 4. The van der Waals surface area contributed by atoms with Crippen molar-refractivity contribution in [1.82, 2.24) is 10.1 Å². The van der Waals surface area contributed by atoms with E-state index in [0.717, 1.165) is 20.3 Å². The minimum absolute atomic E-state index is 0.248. The van der Waals surface area contributed by atoms with Crippen LogP contribution in [-0.2, 0) is 0 Å². The van der Waals surface area contributed by atoms with Crippen molar-refractivity contribution in [2.75, 3.05) is 5.32 Å². The second kappa shape index (κ2) is 6.31. The third-order valence-corrected chi connectivity index (χ3v) is 6.11. The molecule has 1 N–H and O–H groups in total. The molecule has 0 bridgehead atoms. The Bertz CT molecular complexity index is 917.